The Balaban J connectivity index is 1.77. The Kier molecular flexibility index (Phi) is 6.03. The van der Waals surface area contributed by atoms with E-state index in [1.165, 1.54) is 6.42 Å². The summed E-state index contributed by atoms with van der Waals surface area (Å²) in [6.45, 7) is 3.47. The van der Waals surface area contributed by atoms with E-state index in [4.69, 9.17) is 4.74 Å². The maximum absolute atomic E-state index is 12.2. The monoisotopic (exact) mass is 297 g/mol. The van der Waals surface area contributed by atoms with E-state index in [-0.39, 0.29) is 17.9 Å². The number of nitrogens with one attached hydrogen (secondary N) is 1. The van der Waals surface area contributed by atoms with Crippen LogP contribution in [0.1, 0.15) is 51.9 Å². The van der Waals surface area contributed by atoms with Gasteiger partial charge in [-0.2, -0.15) is 0 Å². The molecule has 2 rings (SSSR count). The molecule has 21 heavy (non-hydrogen) atoms. The molecule has 5 heteroatoms. The van der Waals surface area contributed by atoms with Crippen molar-refractivity contribution in [3.63, 3.8) is 0 Å². The van der Waals surface area contributed by atoms with Crippen molar-refractivity contribution in [2.45, 2.75) is 58.0 Å². The van der Waals surface area contributed by atoms with E-state index in [1.807, 2.05) is 0 Å². The van der Waals surface area contributed by atoms with E-state index in [2.05, 4.69) is 12.2 Å². The molecule has 4 unspecified atom stereocenters. The molecular formula is C16H27NO4. The highest BCUT2D eigenvalue weighted by Crippen LogP contribution is 2.38. The number of amides is 1. The van der Waals surface area contributed by atoms with Gasteiger partial charge >= 0.3 is 5.97 Å². The molecule has 120 valence electrons. The molecular weight excluding hydrogens is 270 g/mol. The standard InChI is InChI=1S/C16H27NO4/c1-2-11-9-13(14(10-11)16(19)20)15(18)17-7-6-12-5-3-4-8-21-12/h11-14H,2-10H2,1H3,(H,17,18)(H,19,20). The predicted octanol–water partition coefficient (Wildman–Crippen LogP) is 2.20. The molecule has 0 spiro atoms. The summed E-state index contributed by atoms with van der Waals surface area (Å²) in [4.78, 5) is 23.5. The van der Waals surface area contributed by atoms with Gasteiger partial charge < -0.3 is 15.2 Å². The number of hydrogen-bond acceptors (Lipinski definition) is 3. The van der Waals surface area contributed by atoms with Crippen LogP contribution in [0, 0.1) is 17.8 Å². The second kappa shape index (κ2) is 7.78. The van der Waals surface area contributed by atoms with Crippen LogP contribution in [0.25, 0.3) is 0 Å². The van der Waals surface area contributed by atoms with Crippen molar-refractivity contribution in [1.82, 2.24) is 5.32 Å². The first-order valence-corrected chi connectivity index (χ1v) is 8.24. The largest absolute Gasteiger partial charge is 0.481 e. The molecule has 1 amide bonds. The SMILES string of the molecule is CCC1CC(C(=O)O)C(C(=O)NCCC2CCCCO2)C1. The van der Waals surface area contributed by atoms with Crippen LogP contribution in [0.15, 0.2) is 0 Å². The summed E-state index contributed by atoms with van der Waals surface area (Å²) < 4.78 is 5.63. The first-order chi connectivity index (χ1) is 10.1. The van der Waals surface area contributed by atoms with E-state index in [9.17, 15) is 14.7 Å². The van der Waals surface area contributed by atoms with Crippen LogP contribution in [-0.2, 0) is 14.3 Å². The number of aliphatic carboxylic acids is 1. The minimum absolute atomic E-state index is 0.0887. The zero-order valence-corrected chi connectivity index (χ0v) is 12.8. The third-order valence-corrected chi connectivity index (χ3v) is 4.93. The lowest BCUT2D eigenvalue weighted by atomic mass is 9.95. The Hall–Kier alpha value is -1.10. The third kappa shape index (κ3) is 4.43. The van der Waals surface area contributed by atoms with Crippen molar-refractivity contribution < 1.29 is 19.4 Å². The van der Waals surface area contributed by atoms with Crippen LogP contribution < -0.4 is 5.32 Å². The van der Waals surface area contributed by atoms with Crippen molar-refractivity contribution in [3.8, 4) is 0 Å². The first-order valence-electron chi connectivity index (χ1n) is 8.24. The lowest BCUT2D eigenvalue weighted by molar-refractivity contribution is -0.146. The van der Waals surface area contributed by atoms with Gasteiger partial charge in [0.15, 0.2) is 0 Å². The third-order valence-electron chi connectivity index (χ3n) is 4.93. The van der Waals surface area contributed by atoms with Gasteiger partial charge in [-0.1, -0.05) is 13.3 Å². The van der Waals surface area contributed by atoms with Crippen LogP contribution in [-0.4, -0.2) is 36.2 Å². The maximum Gasteiger partial charge on any atom is 0.307 e. The average Bonchev–Trinajstić information content (AvgIpc) is 2.93. The molecule has 0 aromatic carbocycles. The topological polar surface area (TPSA) is 75.6 Å². The average molecular weight is 297 g/mol. The van der Waals surface area contributed by atoms with Gasteiger partial charge in [0.2, 0.25) is 5.91 Å². The Morgan fingerprint density at radius 1 is 1.24 bits per heavy atom. The van der Waals surface area contributed by atoms with Crippen molar-refractivity contribution in [1.29, 1.82) is 0 Å². The molecule has 0 bridgehead atoms. The highest BCUT2D eigenvalue weighted by Gasteiger charge is 2.41. The Morgan fingerprint density at radius 2 is 2.00 bits per heavy atom. The lowest BCUT2D eigenvalue weighted by Gasteiger charge is -2.23. The Bertz CT molecular complexity index is 365. The van der Waals surface area contributed by atoms with Gasteiger partial charge in [-0.25, -0.2) is 0 Å². The molecule has 1 aliphatic carbocycles. The number of carboxylic acids is 1. The fraction of sp³-hybridized carbons (Fsp3) is 0.875. The van der Waals surface area contributed by atoms with E-state index in [1.54, 1.807) is 0 Å². The highest BCUT2D eigenvalue weighted by molar-refractivity contribution is 5.85. The molecule has 1 heterocycles. The van der Waals surface area contributed by atoms with Crippen LogP contribution in [0.4, 0.5) is 0 Å². The van der Waals surface area contributed by atoms with Crippen molar-refractivity contribution in [3.05, 3.63) is 0 Å². The van der Waals surface area contributed by atoms with Gasteiger partial charge in [0.25, 0.3) is 0 Å². The number of ether oxygens (including phenoxy) is 1. The van der Waals surface area contributed by atoms with Gasteiger partial charge in [-0.3, -0.25) is 9.59 Å². The van der Waals surface area contributed by atoms with Crippen LogP contribution in [0.3, 0.4) is 0 Å². The van der Waals surface area contributed by atoms with Gasteiger partial charge in [0.05, 0.1) is 17.9 Å². The summed E-state index contributed by atoms with van der Waals surface area (Å²) in [5, 5.41) is 12.2. The number of carboxylic acid groups (broad SMARTS) is 1. The van der Waals surface area contributed by atoms with Gasteiger partial charge in [-0.05, 0) is 44.4 Å². The van der Waals surface area contributed by atoms with Crippen LogP contribution >= 0.6 is 0 Å². The number of hydrogen-bond donors (Lipinski definition) is 2. The zero-order chi connectivity index (χ0) is 15.2. The van der Waals surface area contributed by atoms with Gasteiger partial charge in [-0.15, -0.1) is 0 Å². The molecule has 1 saturated carbocycles. The number of carbonyl (C=O) groups is 2. The molecule has 2 N–H and O–H groups in total. The Labute approximate surface area is 126 Å². The molecule has 2 aliphatic rings. The van der Waals surface area contributed by atoms with Crippen LogP contribution in [0.5, 0.6) is 0 Å². The van der Waals surface area contributed by atoms with E-state index in [0.717, 1.165) is 32.3 Å². The number of carbonyl (C=O) groups excluding carboxylic acids is 1. The summed E-state index contributed by atoms with van der Waals surface area (Å²) in [6.07, 6.45) is 6.76. The first kappa shape index (κ1) is 16.3. The second-order valence-corrected chi connectivity index (χ2v) is 6.37. The Morgan fingerprint density at radius 3 is 2.62 bits per heavy atom. The summed E-state index contributed by atoms with van der Waals surface area (Å²) in [6, 6.07) is 0. The fourth-order valence-electron chi connectivity index (χ4n) is 3.56. The lowest BCUT2D eigenvalue weighted by Crippen LogP contribution is -2.37. The van der Waals surface area contributed by atoms with Gasteiger partial charge in [0.1, 0.15) is 0 Å². The summed E-state index contributed by atoms with van der Waals surface area (Å²) >= 11 is 0. The van der Waals surface area contributed by atoms with Crippen molar-refractivity contribution >= 4 is 11.9 Å². The molecule has 0 aromatic rings. The molecule has 2 fully saturated rings. The molecule has 4 atom stereocenters. The summed E-state index contributed by atoms with van der Waals surface area (Å²) in [5.74, 6) is -1.43. The zero-order valence-electron chi connectivity index (χ0n) is 12.8. The molecule has 1 saturated heterocycles. The normalized spacial score (nSPS) is 32.8. The minimum atomic E-state index is -0.832. The molecule has 0 aromatic heterocycles. The highest BCUT2D eigenvalue weighted by atomic mass is 16.5. The minimum Gasteiger partial charge on any atom is -0.481 e. The summed E-state index contributed by atoms with van der Waals surface area (Å²) in [5.41, 5.74) is 0. The molecule has 1 aliphatic heterocycles. The fourth-order valence-corrected chi connectivity index (χ4v) is 3.56. The van der Waals surface area contributed by atoms with Crippen molar-refractivity contribution in [2.24, 2.45) is 17.8 Å². The number of rotatable bonds is 6. The van der Waals surface area contributed by atoms with E-state index >= 15 is 0 Å². The quantitative estimate of drug-likeness (QED) is 0.788. The maximum atomic E-state index is 12.2. The molecule has 0 radical (unpaired) electrons. The van der Waals surface area contributed by atoms with E-state index in [0.29, 0.717) is 25.3 Å². The van der Waals surface area contributed by atoms with Gasteiger partial charge in [0, 0.05) is 13.2 Å². The van der Waals surface area contributed by atoms with Crippen molar-refractivity contribution in [2.75, 3.05) is 13.2 Å². The second-order valence-electron chi connectivity index (χ2n) is 6.37. The van der Waals surface area contributed by atoms with Crippen LogP contribution in [0.2, 0.25) is 0 Å². The predicted molar refractivity (Wildman–Crippen MR) is 78.8 cm³/mol. The smallest absolute Gasteiger partial charge is 0.307 e. The van der Waals surface area contributed by atoms with E-state index < -0.39 is 11.9 Å². The summed E-state index contributed by atoms with van der Waals surface area (Å²) in [7, 11) is 0. The molecule has 5 nitrogen and oxygen atoms in total.